The Kier molecular flexibility index (Phi) is 9.96. The molecule has 1 aliphatic heterocycles. The van der Waals surface area contributed by atoms with Crippen LogP contribution in [0.5, 0.6) is 17.2 Å². The molecule has 0 unspecified atom stereocenters. The van der Waals surface area contributed by atoms with Crippen LogP contribution in [0.1, 0.15) is 48.4 Å². The predicted octanol–water partition coefficient (Wildman–Crippen LogP) is 5.12. The zero-order valence-electron chi connectivity index (χ0n) is 25.3. The van der Waals surface area contributed by atoms with Gasteiger partial charge in [-0.3, -0.25) is 9.59 Å². The summed E-state index contributed by atoms with van der Waals surface area (Å²) in [5.41, 5.74) is 5.81. The minimum atomic E-state index is -0.367. The Hall–Kier alpha value is -4.63. The number of carbonyl (C=O) groups excluding carboxylic acids is 2. The summed E-state index contributed by atoms with van der Waals surface area (Å²) in [5.74, 6) is 0.427. The molecule has 0 aromatic heterocycles. The van der Waals surface area contributed by atoms with Crippen molar-refractivity contribution in [3.63, 3.8) is 0 Å². The second-order valence-electron chi connectivity index (χ2n) is 10.9. The first kappa shape index (κ1) is 30.8. The Labute approximate surface area is 257 Å². The van der Waals surface area contributed by atoms with Crippen molar-refractivity contribution >= 4 is 29.0 Å². The van der Waals surface area contributed by atoms with Gasteiger partial charge in [0.2, 0.25) is 11.7 Å². The van der Waals surface area contributed by atoms with E-state index in [9.17, 15) is 14.0 Å². The number of carbonyl (C=O) groups is 2. The molecule has 3 aromatic rings. The molecule has 1 aliphatic carbocycles. The van der Waals surface area contributed by atoms with Gasteiger partial charge in [-0.15, -0.1) is 0 Å². The van der Waals surface area contributed by atoms with Crippen molar-refractivity contribution in [2.24, 2.45) is 0 Å². The molecule has 0 saturated carbocycles. The molecule has 230 valence electrons. The van der Waals surface area contributed by atoms with Gasteiger partial charge in [0.1, 0.15) is 5.82 Å². The van der Waals surface area contributed by atoms with Crippen molar-refractivity contribution in [3.8, 4) is 17.2 Å². The molecule has 0 atom stereocenters. The SMILES string of the molecule is COc1cc(C=C2C(C)=C(CC(=O)NCc3ccccc3)c3cc(F)ccc32)cc(OC)c1OCC(=O)NC1CCNCC1. The summed E-state index contributed by atoms with van der Waals surface area (Å²) >= 11 is 0. The van der Waals surface area contributed by atoms with Gasteiger partial charge in [-0.05, 0) is 102 Å². The van der Waals surface area contributed by atoms with Crippen LogP contribution in [-0.2, 0) is 16.1 Å². The number of nitrogens with one attached hydrogen (secondary N) is 3. The number of rotatable bonds is 11. The van der Waals surface area contributed by atoms with Crippen LogP contribution in [0.25, 0.3) is 17.2 Å². The van der Waals surface area contributed by atoms with E-state index in [1.165, 1.54) is 26.4 Å². The van der Waals surface area contributed by atoms with Crippen molar-refractivity contribution in [3.05, 3.63) is 94.3 Å². The molecule has 1 saturated heterocycles. The minimum absolute atomic E-state index is 0.116. The molecule has 1 fully saturated rings. The van der Waals surface area contributed by atoms with Gasteiger partial charge in [-0.2, -0.15) is 0 Å². The Morgan fingerprint density at radius 2 is 1.66 bits per heavy atom. The van der Waals surface area contributed by atoms with Crippen molar-refractivity contribution in [1.82, 2.24) is 16.0 Å². The first-order valence-corrected chi connectivity index (χ1v) is 14.8. The lowest BCUT2D eigenvalue weighted by molar-refractivity contribution is -0.124. The molecule has 8 nitrogen and oxygen atoms in total. The molecule has 3 N–H and O–H groups in total. The summed E-state index contributed by atoms with van der Waals surface area (Å²) in [4.78, 5) is 25.5. The fourth-order valence-corrected chi connectivity index (χ4v) is 5.67. The topological polar surface area (TPSA) is 97.9 Å². The average molecular weight is 600 g/mol. The average Bonchev–Trinajstić information content (AvgIpc) is 3.28. The van der Waals surface area contributed by atoms with Crippen molar-refractivity contribution in [2.75, 3.05) is 33.9 Å². The van der Waals surface area contributed by atoms with Crippen LogP contribution in [0, 0.1) is 5.82 Å². The molecule has 3 aromatic carbocycles. The summed E-state index contributed by atoms with van der Waals surface area (Å²) in [6, 6.07) is 18.1. The third-order valence-corrected chi connectivity index (χ3v) is 7.97. The van der Waals surface area contributed by atoms with Crippen molar-refractivity contribution in [2.45, 2.75) is 38.8 Å². The van der Waals surface area contributed by atoms with E-state index in [1.54, 1.807) is 18.2 Å². The van der Waals surface area contributed by atoms with Crippen LogP contribution in [0.15, 0.2) is 66.2 Å². The number of hydrogen-bond acceptors (Lipinski definition) is 6. The van der Waals surface area contributed by atoms with E-state index in [1.807, 2.05) is 43.3 Å². The van der Waals surface area contributed by atoms with E-state index in [4.69, 9.17) is 14.2 Å². The van der Waals surface area contributed by atoms with Crippen LogP contribution in [-0.4, -0.2) is 51.8 Å². The third kappa shape index (κ3) is 7.29. The van der Waals surface area contributed by atoms with Crippen molar-refractivity contribution in [1.29, 1.82) is 0 Å². The molecule has 5 rings (SSSR count). The minimum Gasteiger partial charge on any atom is -0.493 e. The Morgan fingerprint density at radius 1 is 0.955 bits per heavy atom. The number of amides is 2. The predicted molar refractivity (Wildman–Crippen MR) is 169 cm³/mol. The van der Waals surface area contributed by atoms with E-state index in [2.05, 4.69) is 16.0 Å². The maximum atomic E-state index is 14.4. The Bertz CT molecular complexity index is 1550. The van der Waals surface area contributed by atoms with Crippen LogP contribution in [0.2, 0.25) is 0 Å². The van der Waals surface area contributed by atoms with E-state index in [0.29, 0.717) is 29.4 Å². The highest BCUT2D eigenvalue weighted by Gasteiger charge is 2.26. The van der Waals surface area contributed by atoms with Gasteiger partial charge in [0.25, 0.3) is 5.91 Å². The lowest BCUT2D eigenvalue weighted by Crippen LogP contribution is -2.44. The highest BCUT2D eigenvalue weighted by atomic mass is 19.1. The van der Waals surface area contributed by atoms with Crippen LogP contribution < -0.4 is 30.2 Å². The third-order valence-electron chi connectivity index (χ3n) is 7.97. The molecule has 2 aliphatic rings. The molecule has 0 bridgehead atoms. The van der Waals surface area contributed by atoms with Crippen LogP contribution in [0.3, 0.4) is 0 Å². The second kappa shape index (κ2) is 14.2. The quantitative estimate of drug-likeness (QED) is 0.283. The molecule has 44 heavy (non-hydrogen) atoms. The molecular weight excluding hydrogens is 561 g/mol. The van der Waals surface area contributed by atoms with E-state index in [0.717, 1.165) is 59.3 Å². The number of methoxy groups -OCH3 is 2. The van der Waals surface area contributed by atoms with Gasteiger partial charge < -0.3 is 30.2 Å². The number of halogens is 1. The molecule has 0 radical (unpaired) electrons. The van der Waals surface area contributed by atoms with E-state index >= 15 is 0 Å². The van der Waals surface area contributed by atoms with Gasteiger partial charge in [0.05, 0.1) is 20.6 Å². The summed E-state index contributed by atoms with van der Waals surface area (Å²) in [5, 5.41) is 9.27. The lowest BCUT2D eigenvalue weighted by Gasteiger charge is -2.23. The van der Waals surface area contributed by atoms with Crippen LogP contribution in [0.4, 0.5) is 4.39 Å². The summed E-state index contributed by atoms with van der Waals surface area (Å²) in [6.45, 7) is 3.94. The number of benzene rings is 3. The smallest absolute Gasteiger partial charge is 0.258 e. The molecule has 9 heteroatoms. The van der Waals surface area contributed by atoms with Crippen molar-refractivity contribution < 1.29 is 28.2 Å². The standard InChI is InChI=1S/C35H38FN3O5/c1-22-28(27-10-9-25(36)18-30(27)29(22)19-33(40)38-20-23-7-5-4-6-8-23)15-24-16-31(42-2)35(32(17-24)43-3)44-21-34(41)39-26-11-13-37-14-12-26/h4-10,15-18,26,37H,11-14,19-21H2,1-3H3,(H,38,40)(H,39,41). The fourth-order valence-electron chi connectivity index (χ4n) is 5.67. The fraction of sp³-hybridized carbons (Fsp3) is 0.314. The largest absolute Gasteiger partial charge is 0.493 e. The van der Waals surface area contributed by atoms with Crippen LogP contribution >= 0.6 is 0 Å². The highest BCUT2D eigenvalue weighted by Crippen LogP contribution is 2.45. The number of allylic oxidation sites excluding steroid dienone is 2. The number of hydrogen-bond donors (Lipinski definition) is 3. The summed E-state index contributed by atoms with van der Waals surface area (Å²) in [7, 11) is 3.05. The monoisotopic (exact) mass is 599 g/mol. The van der Waals surface area contributed by atoms with Gasteiger partial charge in [0, 0.05) is 12.6 Å². The molecule has 2 amide bonds. The van der Waals surface area contributed by atoms with Gasteiger partial charge in [-0.25, -0.2) is 4.39 Å². The van der Waals surface area contributed by atoms with Gasteiger partial charge in [-0.1, -0.05) is 36.4 Å². The Morgan fingerprint density at radius 3 is 2.34 bits per heavy atom. The summed E-state index contributed by atoms with van der Waals surface area (Å²) < 4.78 is 31.6. The zero-order chi connectivity index (χ0) is 31.1. The van der Waals surface area contributed by atoms with Gasteiger partial charge >= 0.3 is 0 Å². The zero-order valence-corrected chi connectivity index (χ0v) is 25.3. The number of piperidine rings is 1. The van der Waals surface area contributed by atoms with E-state index < -0.39 is 0 Å². The second-order valence-corrected chi connectivity index (χ2v) is 10.9. The van der Waals surface area contributed by atoms with Gasteiger partial charge in [0.15, 0.2) is 18.1 Å². The highest BCUT2D eigenvalue weighted by molar-refractivity contribution is 6.08. The Balaban J connectivity index is 1.38. The maximum Gasteiger partial charge on any atom is 0.258 e. The molecule has 0 spiro atoms. The first-order chi connectivity index (χ1) is 21.4. The maximum absolute atomic E-state index is 14.4. The molecule has 1 heterocycles. The molecular formula is C35H38FN3O5. The van der Waals surface area contributed by atoms with E-state index in [-0.39, 0.29) is 36.7 Å². The normalized spacial score (nSPS) is 15.6. The lowest BCUT2D eigenvalue weighted by atomic mass is 10.00. The number of fused-ring (bicyclic) bond motifs is 1. The first-order valence-electron chi connectivity index (χ1n) is 14.8. The summed E-state index contributed by atoms with van der Waals surface area (Å²) in [6.07, 6.45) is 3.84. The number of ether oxygens (including phenoxy) is 3.